The van der Waals surface area contributed by atoms with Crippen molar-refractivity contribution in [2.75, 3.05) is 12.3 Å². The van der Waals surface area contributed by atoms with E-state index in [0.29, 0.717) is 0 Å². The Morgan fingerprint density at radius 2 is 2.30 bits per heavy atom. The fraction of sp³-hybridized carbons (Fsp3) is 0.500. The highest BCUT2D eigenvalue weighted by atomic mass is 19.1. The Hall–Kier alpha value is -2.04. The minimum Gasteiger partial charge on any atom is -0.394 e. The molecule has 2 aromatic rings. The van der Waals surface area contributed by atoms with E-state index in [2.05, 4.69) is 15.0 Å². The molecule has 0 unspecified atom stereocenters. The molecule has 0 aliphatic carbocycles. The highest BCUT2D eigenvalue weighted by molar-refractivity contribution is 5.81. The molecular weight excluding hydrogens is 273 g/mol. The van der Waals surface area contributed by atoms with Gasteiger partial charge in [-0.05, 0) is 0 Å². The predicted octanol–water partition coefficient (Wildman–Crippen LogP) is -1.71. The lowest BCUT2D eigenvalue weighted by Gasteiger charge is -2.15. The molecule has 1 aliphatic heterocycles. The van der Waals surface area contributed by atoms with E-state index in [4.69, 9.17) is 15.6 Å². The van der Waals surface area contributed by atoms with Crippen molar-refractivity contribution >= 4 is 17.0 Å². The van der Waals surface area contributed by atoms with Gasteiger partial charge in [0, 0.05) is 0 Å². The zero-order valence-corrected chi connectivity index (χ0v) is 10.1. The molecular formula is C10H12FN5O4. The van der Waals surface area contributed by atoms with Crippen molar-refractivity contribution in [2.24, 2.45) is 0 Å². The van der Waals surface area contributed by atoms with Crippen LogP contribution < -0.4 is 11.4 Å². The number of rotatable bonds is 2. The van der Waals surface area contributed by atoms with E-state index in [1.54, 1.807) is 0 Å². The molecule has 3 rings (SSSR count). The molecule has 5 N–H and O–H groups in total. The van der Waals surface area contributed by atoms with Gasteiger partial charge in [-0.2, -0.15) is 0 Å². The summed E-state index contributed by atoms with van der Waals surface area (Å²) in [5.41, 5.74) is 5.21. The molecule has 0 aromatic carbocycles. The number of alkyl halides is 1. The number of aromatic nitrogens is 4. The molecule has 3 heterocycles. The van der Waals surface area contributed by atoms with Gasteiger partial charge in [0.25, 0.3) is 0 Å². The molecule has 0 amide bonds. The van der Waals surface area contributed by atoms with Gasteiger partial charge >= 0.3 is 5.69 Å². The maximum Gasteiger partial charge on any atom is 0.330 e. The van der Waals surface area contributed by atoms with E-state index >= 15 is 0 Å². The van der Waals surface area contributed by atoms with E-state index in [9.17, 15) is 14.3 Å². The number of nitrogens with zero attached hydrogens (tertiary/aromatic N) is 3. The Bertz CT molecular complexity index is 701. The summed E-state index contributed by atoms with van der Waals surface area (Å²) in [6.45, 7) is -0.608. The molecule has 20 heavy (non-hydrogen) atoms. The summed E-state index contributed by atoms with van der Waals surface area (Å²) in [4.78, 5) is 22.0. The number of hydrogen-bond acceptors (Lipinski definition) is 7. The number of nitrogen functional groups attached to an aromatic ring is 1. The van der Waals surface area contributed by atoms with Crippen LogP contribution in [0, 0.1) is 0 Å². The first-order valence-electron chi connectivity index (χ1n) is 5.83. The van der Waals surface area contributed by atoms with Gasteiger partial charge in [0.15, 0.2) is 23.9 Å². The number of halogens is 1. The lowest BCUT2D eigenvalue weighted by molar-refractivity contribution is -0.0510. The zero-order valence-electron chi connectivity index (χ0n) is 10.1. The van der Waals surface area contributed by atoms with Crippen molar-refractivity contribution in [1.82, 2.24) is 19.5 Å². The molecule has 10 heteroatoms. The lowest BCUT2D eigenvalue weighted by atomic mass is 10.1. The number of hydrogen-bond donors (Lipinski definition) is 4. The highest BCUT2D eigenvalue weighted by Gasteiger charge is 2.46. The fourth-order valence-corrected chi connectivity index (χ4v) is 2.26. The number of aliphatic hydroxyl groups excluding tert-OH is 2. The molecule has 1 aliphatic rings. The largest absolute Gasteiger partial charge is 0.394 e. The Labute approximate surface area is 110 Å². The van der Waals surface area contributed by atoms with Crippen molar-refractivity contribution in [3.63, 3.8) is 0 Å². The van der Waals surface area contributed by atoms with Crippen molar-refractivity contribution in [3.05, 3.63) is 16.8 Å². The Kier molecular flexibility index (Phi) is 2.92. The van der Waals surface area contributed by atoms with Crippen molar-refractivity contribution in [1.29, 1.82) is 0 Å². The monoisotopic (exact) mass is 285 g/mol. The van der Waals surface area contributed by atoms with Crippen LogP contribution in [0.25, 0.3) is 11.2 Å². The SMILES string of the molecule is Nc1ncnc2c1[nH]c(=O)n2[C@@H]1O[C@H](CO)[C@@H](F)[C@H]1O. The zero-order chi connectivity index (χ0) is 14.4. The predicted molar refractivity (Wildman–Crippen MR) is 64.5 cm³/mol. The van der Waals surface area contributed by atoms with E-state index in [0.717, 1.165) is 10.9 Å². The van der Waals surface area contributed by atoms with Crippen LogP contribution in [0.15, 0.2) is 11.1 Å². The van der Waals surface area contributed by atoms with Crippen LogP contribution in [0.2, 0.25) is 0 Å². The lowest BCUT2D eigenvalue weighted by Crippen LogP contribution is -2.32. The quantitative estimate of drug-likeness (QED) is 0.515. The normalized spacial score (nSPS) is 30.1. The fourth-order valence-electron chi connectivity index (χ4n) is 2.26. The molecule has 0 radical (unpaired) electrons. The first-order chi connectivity index (χ1) is 9.54. The summed E-state index contributed by atoms with van der Waals surface area (Å²) in [6, 6.07) is 0. The second kappa shape index (κ2) is 4.51. The van der Waals surface area contributed by atoms with E-state index in [-0.39, 0.29) is 17.0 Å². The topological polar surface area (TPSA) is 139 Å². The van der Waals surface area contributed by atoms with E-state index < -0.39 is 36.9 Å². The van der Waals surface area contributed by atoms with Gasteiger partial charge in [-0.15, -0.1) is 0 Å². The third-order valence-corrected chi connectivity index (χ3v) is 3.26. The molecule has 1 saturated heterocycles. The van der Waals surface area contributed by atoms with Crippen LogP contribution in [0.3, 0.4) is 0 Å². The molecule has 1 fully saturated rings. The molecule has 0 bridgehead atoms. The van der Waals surface area contributed by atoms with Crippen molar-refractivity contribution < 1.29 is 19.3 Å². The third kappa shape index (κ3) is 1.69. The smallest absolute Gasteiger partial charge is 0.330 e. The van der Waals surface area contributed by atoms with Gasteiger partial charge < -0.3 is 25.7 Å². The standard InChI is InChI=1S/C10H12FN5O4/c11-4-3(1-17)20-9(6(4)18)16-8-5(15-10(16)19)7(12)13-2-14-8/h2-4,6,9,17-18H,1H2,(H,15,19)(H2,12,13,14)/t3-,4-,6-,9-/m1/s1. The van der Waals surface area contributed by atoms with Gasteiger partial charge in [0.1, 0.15) is 24.1 Å². The average Bonchev–Trinajstić information content (AvgIpc) is 2.90. The first-order valence-corrected chi connectivity index (χ1v) is 5.83. The van der Waals surface area contributed by atoms with Crippen molar-refractivity contribution in [3.8, 4) is 0 Å². The number of aliphatic hydroxyl groups is 2. The summed E-state index contributed by atoms with van der Waals surface area (Å²) < 4.78 is 19.9. The molecule has 4 atom stereocenters. The van der Waals surface area contributed by atoms with Gasteiger partial charge in [-0.3, -0.25) is 0 Å². The molecule has 0 spiro atoms. The molecule has 108 valence electrons. The third-order valence-electron chi connectivity index (χ3n) is 3.26. The Morgan fingerprint density at radius 1 is 1.55 bits per heavy atom. The number of aromatic amines is 1. The Balaban J connectivity index is 2.14. The minimum atomic E-state index is -1.80. The maximum atomic E-state index is 13.7. The minimum absolute atomic E-state index is 0.0499. The van der Waals surface area contributed by atoms with Crippen molar-refractivity contribution in [2.45, 2.75) is 24.6 Å². The second-order valence-electron chi connectivity index (χ2n) is 4.44. The van der Waals surface area contributed by atoms with Gasteiger partial charge in [0.2, 0.25) is 0 Å². The molecule has 0 saturated carbocycles. The first kappa shape index (κ1) is 13.0. The molecule has 2 aromatic heterocycles. The number of H-pyrrole nitrogens is 1. The van der Waals surface area contributed by atoms with Crippen LogP contribution in [-0.4, -0.2) is 54.7 Å². The number of nitrogens with one attached hydrogen (secondary N) is 1. The van der Waals surface area contributed by atoms with Crippen LogP contribution in [0.1, 0.15) is 6.23 Å². The maximum absolute atomic E-state index is 13.7. The summed E-state index contributed by atoms with van der Waals surface area (Å²) in [5, 5.41) is 18.8. The van der Waals surface area contributed by atoms with Crippen LogP contribution in [0.5, 0.6) is 0 Å². The number of ether oxygens (including phenoxy) is 1. The van der Waals surface area contributed by atoms with E-state index in [1.165, 1.54) is 0 Å². The van der Waals surface area contributed by atoms with E-state index in [1.807, 2.05) is 0 Å². The van der Waals surface area contributed by atoms with Crippen LogP contribution in [-0.2, 0) is 4.74 Å². The summed E-state index contributed by atoms with van der Waals surface area (Å²) in [7, 11) is 0. The number of anilines is 1. The van der Waals surface area contributed by atoms with Gasteiger partial charge in [0.05, 0.1) is 6.61 Å². The van der Waals surface area contributed by atoms with Gasteiger partial charge in [-0.25, -0.2) is 23.7 Å². The second-order valence-corrected chi connectivity index (χ2v) is 4.44. The number of nitrogens with two attached hydrogens (primary N) is 1. The van der Waals surface area contributed by atoms with Gasteiger partial charge in [-0.1, -0.05) is 0 Å². The Morgan fingerprint density at radius 3 is 2.95 bits per heavy atom. The summed E-state index contributed by atoms with van der Waals surface area (Å²) >= 11 is 0. The summed E-state index contributed by atoms with van der Waals surface area (Å²) in [6.07, 6.45) is -4.76. The molecule has 9 nitrogen and oxygen atoms in total. The van der Waals surface area contributed by atoms with Crippen LogP contribution in [0.4, 0.5) is 10.2 Å². The average molecular weight is 285 g/mol. The highest BCUT2D eigenvalue weighted by Crippen LogP contribution is 2.32. The number of fused-ring (bicyclic) bond motifs is 1. The van der Waals surface area contributed by atoms with Crippen LogP contribution >= 0.6 is 0 Å². The number of imidazole rings is 1. The summed E-state index contributed by atoms with van der Waals surface area (Å²) in [5.74, 6) is 0.0499.